The molecule has 0 aliphatic rings. The SMILES string of the molecule is CC(C)CNCC(=O)OCCOc1ccccc1. The van der Waals surface area contributed by atoms with Gasteiger partial charge in [-0.05, 0) is 24.6 Å². The molecular weight excluding hydrogens is 230 g/mol. The minimum absolute atomic E-state index is 0.243. The monoisotopic (exact) mass is 251 g/mol. The van der Waals surface area contributed by atoms with E-state index in [9.17, 15) is 4.79 Å². The number of para-hydroxylation sites is 1. The van der Waals surface area contributed by atoms with Crippen LogP contribution in [-0.2, 0) is 9.53 Å². The zero-order chi connectivity index (χ0) is 13.2. The number of esters is 1. The van der Waals surface area contributed by atoms with Gasteiger partial charge in [0.25, 0.3) is 0 Å². The summed E-state index contributed by atoms with van der Waals surface area (Å²) >= 11 is 0. The first-order valence-corrected chi connectivity index (χ1v) is 6.22. The second-order valence-corrected chi connectivity index (χ2v) is 4.41. The molecular formula is C14H21NO3. The van der Waals surface area contributed by atoms with Crippen molar-refractivity contribution in [2.75, 3.05) is 26.3 Å². The van der Waals surface area contributed by atoms with Crippen LogP contribution in [0.2, 0.25) is 0 Å². The molecule has 4 heteroatoms. The van der Waals surface area contributed by atoms with Gasteiger partial charge in [-0.2, -0.15) is 0 Å². The fraction of sp³-hybridized carbons (Fsp3) is 0.500. The van der Waals surface area contributed by atoms with Gasteiger partial charge < -0.3 is 14.8 Å². The number of nitrogens with one attached hydrogen (secondary N) is 1. The first kappa shape index (κ1) is 14.5. The summed E-state index contributed by atoms with van der Waals surface area (Å²) in [5.41, 5.74) is 0. The van der Waals surface area contributed by atoms with E-state index in [1.165, 1.54) is 0 Å². The van der Waals surface area contributed by atoms with E-state index in [0.29, 0.717) is 12.5 Å². The average molecular weight is 251 g/mol. The van der Waals surface area contributed by atoms with Crippen molar-refractivity contribution in [3.05, 3.63) is 30.3 Å². The van der Waals surface area contributed by atoms with Gasteiger partial charge in [0.2, 0.25) is 0 Å². The molecule has 0 unspecified atom stereocenters. The van der Waals surface area contributed by atoms with Gasteiger partial charge in [0.15, 0.2) is 0 Å². The Bertz CT molecular complexity index is 338. The number of hydrogen-bond acceptors (Lipinski definition) is 4. The van der Waals surface area contributed by atoms with Crippen LogP contribution < -0.4 is 10.1 Å². The minimum atomic E-state index is -0.243. The largest absolute Gasteiger partial charge is 0.490 e. The van der Waals surface area contributed by atoms with Crippen LogP contribution in [0.3, 0.4) is 0 Å². The van der Waals surface area contributed by atoms with E-state index in [-0.39, 0.29) is 19.1 Å². The van der Waals surface area contributed by atoms with Gasteiger partial charge >= 0.3 is 5.97 Å². The van der Waals surface area contributed by atoms with Crippen LogP contribution in [0.15, 0.2) is 30.3 Å². The molecule has 0 radical (unpaired) electrons. The van der Waals surface area contributed by atoms with Crippen molar-refractivity contribution >= 4 is 5.97 Å². The summed E-state index contributed by atoms with van der Waals surface area (Å²) < 4.78 is 10.4. The quantitative estimate of drug-likeness (QED) is 0.566. The zero-order valence-electron chi connectivity index (χ0n) is 11.0. The summed E-state index contributed by atoms with van der Waals surface area (Å²) in [6.07, 6.45) is 0. The molecule has 0 aliphatic heterocycles. The van der Waals surface area contributed by atoms with Crippen LogP contribution >= 0.6 is 0 Å². The van der Waals surface area contributed by atoms with E-state index in [2.05, 4.69) is 19.2 Å². The lowest BCUT2D eigenvalue weighted by molar-refractivity contribution is -0.143. The summed E-state index contributed by atoms with van der Waals surface area (Å²) in [5, 5.41) is 3.03. The summed E-state index contributed by atoms with van der Waals surface area (Å²) in [4.78, 5) is 11.3. The fourth-order valence-electron chi connectivity index (χ4n) is 1.35. The Labute approximate surface area is 108 Å². The maximum absolute atomic E-state index is 11.3. The molecule has 0 atom stereocenters. The van der Waals surface area contributed by atoms with E-state index in [1.54, 1.807) is 0 Å². The van der Waals surface area contributed by atoms with Crippen LogP contribution in [0.1, 0.15) is 13.8 Å². The van der Waals surface area contributed by atoms with E-state index in [4.69, 9.17) is 9.47 Å². The summed E-state index contributed by atoms with van der Waals surface area (Å²) in [7, 11) is 0. The lowest BCUT2D eigenvalue weighted by atomic mass is 10.2. The zero-order valence-corrected chi connectivity index (χ0v) is 11.0. The lowest BCUT2D eigenvalue weighted by Crippen LogP contribution is -2.28. The number of ether oxygens (including phenoxy) is 2. The van der Waals surface area contributed by atoms with Gasteiger partial charge in [-0.25, -0.2) is 0 Å². The maximum Gasteiger partial charge on any atom is 0.320 e. The molecule has 4 nitrogen and oxygen atoms in total. The minimum Gasteiger partial charge on any atom is -0.490 e. The molecule has 0 fully saturated rings. The number of rotatable bonds is 8. The van der Waals surface area contributed by atoms with E-state index < -0.39 is 0 Å². The highest BCUT2D eigenvalue weighted by atomic mass is 16.6. The first-order chi connectivity index (χ1) is 8.68. The van der Waals surface area contributed by atoms with Crippen molar-refractivity contribution in [3.8, 4) is 5.75 Å². The van der Waals surface area contributed by atoms with Gasteiger partial charge in [0.1, 0.15) is 19.0 Å². The predicted molar refractivity (Wildman–Crippen MR) is 70.6 cm³/mol. The second-order valence-electron chi connectivity index (χ2n) is 4.41. The van der Waals surface area contributed by atoms with Crippen molar-refractivity contribution in [2.24, 2.45) is 5.92 Å². The molecule has 0 bridgehead atoms. The molecule has 0 saturated carbocycles. The Morgan fingerprint density at radius 1 is 1.22 bits per heavy atom. The molecule has 0 amide bonds. The Balaban J connectivity index is 2.02. The van der Waals surface area contributed by atoms with E-state index in [1.807, 2.05) is 30.3 Å². The third-order valence-electron chi connectivity index (χ3n) is 2.18. The van der Waals surface area contributed by atoms with Crippen molar-refractivity contribution < 1.29 is 14.3 Å². The molecule has 1 N–H and O–H groups in total. The second kappa shape index (κ2) is 8.53. The van der Waals surface area contributed by atoms with Crippen LogP contribution in [0, 0.1) is 5.92 Å². The highest BCUT2D eigenvalue weighted by Crippen LogP contribution is 2.07. The van der Waals surface area contributed by atoms with Crippen molar-refractivity contribution in [1.29, 1.82) is 0 Å². The molecule has 1 rings (SSSR count). The Hall–Kier alpha value is -1.55. The van der Waals surface area contributed by atoms with Crippen LogP contribution in [0.5, 0.6) is 5.75 Å². The molecule has 1 aromatic carbocycles. The first-order valence-electron chi connectivity index (χ1n) is 6.22. The van der Waals surface area contributed by atoms with Crippen molar-refractivity contribution in [3.63, 3.8) is 0 Å². The van der Waals surface area contributed by atoms with Gasteiger partial charge in [0.05, 0.1) is 6.54 Å². The van der Waals surface area contributed by atoms with Crippen molar-refractivity contribution in [2.45, 2.75) is 13.8 Å². The smallest absolute Gasteiger partial charge is 0.320 e. The molecule has 1 aromatic rings. The van der Waals surface area contributed by atoms with E-state index >= 15 is 0 Å². The topological polar surface area (TPSA) is 47.6 Å². The Kier molecular flexibility index (Phi) is 6.87. The standard InChI is InChI=1S/C14H21NO3/c1-12(2)10-15-11-14(16)18-9-8-17-13-6-4-3-5-7-13/h3-7,12,15H,8-11H2,1-2H3. The van der Waals surface area contributed by atoms with Gasteiger partial charge in [-0.3, -0.25) is 4.79 Å². The Morgan fingerprint density at radius 2 is 1.94 bits per heavy atom. The summed E-state index contributed by atoms with van der Waals surface area (Å²) in [6.45, 7) is 5.90. The number of benzene rings is 1. The number of hydrogen-bond donors (Lipinski definition) is 1. The van der Waals surface area contributed by atoms with Gasteiger partial charge in [0, 0.05) is 0 Å². The van der Waals surface area contributed by atoms with Gasteiger partial charge in [-0.15, -0.1) is 0 Å². The molecule has 0 aliphatic carbocycles. The molecule has 0 saturated heterocycles. The molecule has 0 spiro atoms. The molecule has 0 aromatic heterocycles. The third kappa shape index (κ3) is 6.91. The highest BCUT2D eigenvalue weighted by molar-refractivity contribution is 5.71. The fourth-order valence-corrected chi connectivity index (χ4v) is 1.35. The summed E-state index contributed by atoms with van der Waals surface area (Å²) in [5.74, 6) is 1.07. The third-order valence-corrected chi connectivity index (χ3v) is 2.18. The van der Waals surface area contributed by atoms with Crippen LogP contribution in [0.4, 0.5) is 0 Å². The maximum atomic E-state index is 11.3. The average Bonchev–Trinajstić information content (AvgIpc) is 2.35. The van der Waals surface area contributed by atoms with Gasteiger partial charge in [-0.1, -0.05) is 32.0 Å². The number of carbonyl (C=O) groups excluding carboxylic acids is 1. The van der Waals surface area contributed by atoms with Crippen LogP contribution in [0.25, 0.3) is 0 Å². The lowest BCUT2D eigenvalue weighted by Gasteiger charge is -2.09. The summed E-state index contributed by atoms with van der Waals surface area (Å²) in [6, 6.07) is 9.46. The number of carbonyl (C=O) groups is 1. The van der Waals surface area contributed by atoms with Crippen molar-refractivity contribution in [1.82, 2.24) is 5.32 Å². The molecule has 0 heterocycles. The molecule has 18 heavy (non-hydrogen) atoms. The van der Waals surface area contributed by atoms with E-state index in [0.717, 1.165) is 12.3 Å². The highest BCUT2D eigenvalue weighted by Gasteiger charge is 2.02. The normalized spacial score (nSPS) is 10.4. The van der Waals surface area contributed by atoms with Crippen LogP contribution in [-0.4, -0.2) is 32.3 Å². The predicted octanol–water partition coefficient (Wildman–Crippen LogP) is 1.85. The Morgan fingerprint density at radius 3 is 2.61 bits per heavy atom. The molecule has 100 valence electrons.